The number of aliphatic hydroxyl groups excluding tert-OH is 1. The lowest BCUT2D eigenvalue weighted by atomic mass is 9.86. The van der Waals surface area contributed by atoms with E-state index in [4.69, 9.17) is 0 Å². The van der Waals surface area contributed by atoms with E-state index >= 15 is 0 Å². The summed E-state index contributed by atoms with van der Waals surface area (Å²) in [6, 6.07) is 0.661. The molecule has 0 amide bonds. The number of rotatable bonds is 7. The van der Waals surface area contributed by atoms with Crippen LogP contribution in [-0.4, -0.2) is 23.8 Å². The van der Waals surface area contributed by atoms with Crippen LogP contribution in [0.3, 0.4) is 0 Å². The van der Waals surface area contributed by atoms with E-state index in [1.165, 1.54) is 44.9 Å². The van der Waals surface area contributed by atoms with Gasteiger partial charge < -0.3 is 10.4 Å². The highest BCUT2D eigenvalue weighted by atomic mass is 16.3. The van der Waals surface area contributed by atoms with Crippen LogP contribution in [0.5, 0.6) is 0 Å². The Balaban J connectivity index is 2.19. The van der Waals surface area contributed by atoms with E-state index in [-0.39, 0.29) is 6.10 Å². The number of hydrogen-bond donors (Lipinski definition) is 2. The summed E-state index contributed by atoms with van der Waals surface area (Å²) in [6.07, 6.45) is 9.78. The molecular formula is C14H29NO. The van der Waals surface area contributed by atoms with Gasteiger partial charge in [-0.25, -0.2) is 0 Å². The third-order valence-corrected chi connectivity index (χ3v) is 3.94. The van der Waals surface area contributed by atoms with Crippen molar-refractivity contribution in [3.8, 4) is 0 Å². The number of hydrogen-bond acceptors (Lipinski definition) is 2. The molecule has 0 aromatic rings. The minimum Gasteiger partial charge on any atom is -0.393 e. The molecule has 1 saturated carbocycles. The molecule has 0 aliphatic heterocycles. The van der Waals surface area contributed by atoms with E-state index in [1.807, 2.05) is 0 Å². The molecule has 0 spiro atoms. The molecule has 0 aromatic heterocycles. The van der Waals surface area contributed by atoms with Gasteiger partial charge in [0.05, 0.1) is 6.10 Å². The normalized spacial score (nSPS) is 27.9. The summed E-state index contributed by atoms with van der Waals surface area (Å²) in [6.45, 7) is 5.52. The Morgan fingerprint density at radius 3 is 2.62 bits per heavy atom. The Labute approximate surface area is 101 Å². The Kier molecular flexibility index (Phi) is 7.06. The van der Waals surface area contributed by atoms with Crippen LogP contribution in [0.25, 0.3) is 0 Å². The van der Waals surface area contributed by atoms with Gasteiger partial charge in [-0.3, -0.25) is 0 Å². The van der Waals surface area contributed by atoms with Gasteiger partial charge in [-0.15, -0.1) is 0 Å². The van der Waals surface area contributed by atoms with Crippen LogP contribution >= 0.6 is 0 Å². The van der Waals surface area contributed by atoms with Gasteiger partial charge in [0.15, 0.2) is 0 Å². The van der Waals surface area contributed by atoms with Crippen LogP contribution in [0.2, 0.25) is 0 Å². The molecule has 2 nitrogen and oxygen atoms in total. The van der Waals surface area contributed by atoms with Crippen LogP contribution in [0.1, 0.15) is 65.2 Å². The average Bonchev–Trinajstić information content (AvgIpc) is 2.31. The fraction of sp³-hybridized carbons (Fsp3) is 1.00. The Morgan fingerprint density at radius 2 is 2.00 bits per heavy atom. The fourth-order valence-corrected chi connectivity index (χ4v) is 2.65. The maximum Gasteiger partial charge on any atom is 0.0580 e. The van der Waals surface area contributed by atoms with Gasteiger partial charge in [0.25, 0.3) is 0 Å². The molecule has 2 N–H and O–H groups in total. The molecule has 0 bridgehead atoms. The highest BCUT2D eigenvalue weighted by Crippen LogP contribution is 2.23. The lowest BCUT2D eigenvalue weighted by Gasteiger charge is -2.29. The van der Waals surface area contributed by atoms with E-state index in [0.717, 1.165) is 13.0 Å². The second-order valence-electron chi connectivity index (χ2n) is 5.27. The van der Waals surface area contributed by atoms with Crippen molar-refractivity contribution < 1.29 is 5.11 Å². The molecule has 2 heteroatoms. The topological polar surface area (TPSA) is 32.3 Å². The van der Waals surface area contributed by atoms with Crippen molar-refractivity contribution in [2.24, 2.45) is 5.92 Å². The molecule has 0 heterocycles. The predicted molar refractivity (Wildman–Crippen MR) is 69.6 cm³/mol. The van der Waals surface area contributed by atoms with Crippen molar-refractivity contribution in [2.45, 2.75) is 77.4 Å². The maximum absolute atomic E-state index is 9.89. The summed E-state index contributed by atoms with van der Waals surface area (Å²) in [5.74, 6) is 0.504. The van der Waals surface area contributed by atoms with Crippen LogP contribution < -0.4 is 5.32 Å². The van der Waals surface area contributed by atoms with E-state index < -0.39 is 0 Å². The van der Waals surface area contributed by atoms with Gasteiger partial charge in [0.1, 0.15) is 0 Å². The molecule has 0 aromatic carbocycles. The van der Waals surface area contributed by atoms with E-state index in [2.05, 4.69) is 19.2 Å². The van der Waals surface area contributed by atoms with E-state index in [1.54, 1.807) is 0 Å². The summed E-state index contributed by atoms with van der Waals surface area (Å²) in [4.78, 5) is 0. The third-order valence-electron chi connectivity index (χ3n) is 3.94. The van der Waals surface area contributed by atoms with Gasteiger partial charge in [-0.2, -0.15) is 0 Å². The standard InChI is InChI=1S/C14H29NO/c1-3-5-9-13(4-2)15-11-12-8-6-7-10-14(12)16/h12-16H,3-11H2,1-2H3. The van der Waals surface area contributed by atoms with Crippen LogP contribution in [0.15, 0.2) is 0 Å². The first kappa shape index (κ1) is 14.0. The van der Waals surface area contributed by atoms with Crippen molar-refractivity contribution >= 4 is 0 Å². The maximum atomic E-state index is 9.89. The van der Waals surface area contributed by atoms with Gasteiger partial charge in [0.2, 0.25) is 0 Å². The van der Waals surface area contributed by atoms with E-state index in [0.29, 0.717) is 12.0 Å². The fourth-order valence-electron chi connectivity index (χ4n) is 2.65. The molecule has 16 heavy (non-hydrogen) atoms. The second-order valence-corrected chi connectivity index (χ2v) is 5.27. The first-order valence-electron chi connectivity index (χ1n) is 7.19. The van der Waals surface area contributed by atoms with E-state index in [9.17, 15) is 5.11 Å². The Bertz CT molecular complexity index is 172. The van der Waals surface area contributed by atoms with Crippen LogP contribution in [0, 0.1) is 5.92 Å². The van der Waals surface area contributed by atoms with Crippen molar-refractivity contribution in [2.75, 3.05) is 6.54 Å². The molecule has 1 aliphatic rings. The number of nitrogens with one attached hydrogen (secondary N) is 1. The van der Waals surface area contributed by atoms with Crippen molar-refractivity contribution in [3.05, 3.63) is 0 Å². The molecular weight excluding hydrogens is 198 g/mol. The lowest BCUT2D eigenvalue weighted by molar-refractivity contribution is 0.0678. The van der Waals surface area contributed by atoms with Crippen molar-refractivity contribution in [1.29, 1.82) is 0 Å². The minimum atomic E-state index is -0.0510. The largest absolute Gasteiger partial charge is 0.393 e. The lowest BCUT2D eigenvalue weighted by Crippen LogP contribution is -2.38. The first-order valence-corrected chi connectivity index (χ1v) is 7.19. The SMILES string of the molecule is CCCCC(CC)NCC1CCCCC1O. The van der Waals surface area contributed by atoms with Crippen molar-refractivity contribution in [1.82, 2.24) is 5.32 Å². The zero-order chi connectivity index (χ0) is 11.8. The average molecular weight is 227 g/mol. The monoisotopic (exact) mass is 227 g/mol. The van der Waals surface area contributed by atoms with Crippen molar-refractivity contribution in [3.63, 3.8) is 0 Å². The minimum absolute atomic E-state index is 0.0510. The van der Waals surface area contributed by atoms with Crippen LogP contribution in [-0.2, 0) is 0 Å². The molecule has 3 unspecified atom stereocenters. The zero-order valence-corrected chi connectivity index (χ0v) is 11.0. The van der Waals surface area contributed by atoms with Gasteiger partial charge in [-0.1, -0.05) is 39.5 Å². The second kappa shape index (κ2) is 8.08. The first-order chi connectivity index (χ1) is 7.77. The molecule has 1 aliphatic carbocycles. The predicted octanol–water partition coefficient (Wildman–Crippen LogP) is 3.10. The number of unbranched alkanes of at least 4 members (excludes halogenated alkanes) is 1. The van der Waals surface area contributed by atoms with Gasteiger partial charge in [-0.05, 0) is 31.6 Å². The summed E-state index contributed by atoms with van der Waals surface area (Å²) >= 11 is 0. The molecule has 0 radical (unpaired) electrons. The number of aliphatic hydroxyl groups is 1. The van der Waals surface area contributed by atoms with Gasteiger partial charge in [0, 0.05) is 12.6 Å². The molecule has 1 fully saturated rings. The summed E-state index contributed by atoms with van der Waals surface area (Å²) < 4.78 is 0. The van der Waals surface area contributed by atoms with Gasteiger partial charge >= 0.3 is 0 Å². The quantitative estimate of drug-likeness (QED) is 0.700. The molecule has 96 valence electrons. The summed E-state index contributed by atoms with van der Waals surface area (Å²) in [5, 5.41) is 13.5. The smallest absolute Gasteiger partial charge is 0.0580 e. The highest BCUT2D eigenvalue weighted by Gasteiger charge is 2.23. The Morgan fingerprint density at radius 1 is 1.25 bits per heavy atom. The zero-order valence-electron chi connectivity index (χ0n) is 11.0. The molecule has 3 atom stereocenters. The Hall–Kier alpha value is -0.0800. The summed E-state index contributed by atoms with van der Waals surface area (Å²) in [5.41, 5.74) is 0. The summed E-state index contributed by atoms with van der Waals surface area (Å²) in [7, 11) is 0. The highest BCUT2D eigenvalue weighted by molar-refractivity contribution is 4.78. The third kappa shape index (κ3) is 4.84. The molecule has 0 saturated heterocycles. The van der Waals surface area contributed by atoms with Crippen LogP contribution in [0.4, 0.5) is 0 Å². The molecule has 1 rings (SSSR count).